The van der Waals surface area contributed by atoms with Gasteiger partial charge in [0.05, 0.1) is 19.8 Å². The van der Waals surface area contributed by atoms with Crippen LogP contribution < -0.4 is 11.1 Å². The third kappa shape index (κ3) is 2.51. The van der Waals surface area contributed by atoms with E-state index >= 15 is 0 Å². The molecular weight excluding hydrogens is 214 g/mol. The molecule has 0 aliphatic rings. The minimum Gasteiger partial charge on any atom is -0.397 e. The van der Waals surface area contributed by atoms with Gasteiger partial charge in [0.2, 0.25) is 0 Å². The van der Waals surface area contributed by atoms with E-state index in [4.69, 9.17) is 21.1 Å². The number of anilines is 1. The highest BCUT2D eigenvalue weighted by atomic mass is 16.3. The molecule has 0 radical (unpaired) electrons. The standard InChI is InChI=1S/C9H15N3O4/c10-6-1-7(11-2-6)8(16)12-9(3-13,4-14)5-15/h1-2,11,13-15H,3-5,10H2,(H,12,16). The lowest BCUT2D eigenvalue weighted by atomic mass is 10.0. The Bertz CT molecular complexity index is 351. The number of hydrogen-bond donors (Lipinski definition) is 6. The van der Waals surface area contributed by atoms with Crippen molar-refractivity contribution in [3.05, 3.63) is 18.0 Å². The summed E-state index contributed by atoms with van der Waals surface area (Å²) in [7, 11) is 0. The van der Waals surface area contributed by atoms with Crippen LogP contribution >= 0.6 is 0 Å². The summed E-state index contributed by atoms with van der Waals surface area (Å²) < 4.78 is 0. The Morgan fingerprint density at radius 2 is 1.94 bits per heavy atom. The van der Waals surface area contributed by atoms with Gasteiger partial charge >= 0.3 is 0 Å². The van der Waals surface area contributed by atoms with Crippen LogP contribution in [0.5, 0.6) is 0 Å². The fourth-order valence-electron chi connectivity index (χ4n) is 1.12. The summed E-state index contributed by atoms with van der Waals surface area (Å²) in [6.07, 6.45) is 1.44. The quantitative estimate of drug-likeness (QED) is 0.349. The second-order valence-electron chi connectivity index (χ2n) is 3.56. The van der Waals surface area contributed by atoms with Gasteiger partial charge in [0, 0.05) is 11.9 Å². The molecule has 0 aromatic carbocycles. The highest BCUT2D eigenvalue weighted by molar-refractivity contribution is 5.93. The summed E-state index contributed by atoms with van der Waals surface area (Å²) in [4.78, 5) is 14.2. The summed E-state index contributed by atoms with van der Waals surface area (Å²) in [5.41, 5.74) is 4.57. The molecule has 0 aliphatic heterocycles. The van der Waals surface area contributed by atoms with E-state index in [1.54, 1.807) is 0 Å². The number of hydrogen-bond acceptors (Lipinski definition) is 5. The van der Waals surface area contributed by atoms with Crippen molar-refractivity contribution in [3.63, 3.8) is 0 Å². The topological polar surface area (TPSA) is 132 Å². The van der Waals surface area contributed by atoms with Gasteiger partial charge in [-0.1, -0.05) is 0 Å². The number of nitrogen functional groups attached to an aromatic ring is 1. The van der Waals surface area contributed by atoms with Crippen LogP contribution in [0, 0.1) is 0 Å². The Labute approximate surface area is 91.9 Å². The molecule has 7 nitrogen and oxygen atoms in total. The molecule has 7 heteroatoms. The predicted molar refractivity (Wildman–Crippen MR) is 56.7 cm³/mol. The number of aromatic amines is 1. The predicted octanol–water partition coefficient (Wildman–Crippen LogP) is -1.96. The molecule has 1 amide bonds. The summed E-state index contributed by atoms with van der Waals surface area (Å²) in [5.74, 6) is -0.561. The van der Waals surface area contributed by atoms with E-state index in [0.29, 0.717) is 5.69 Å². The van der Waals surface area contributed by atoms with E-state index in [1.165, 1.54) is 12.3 Å². The monoisotopic (exact) mass is 229 g/mol. The number of aromatic nitrogens is 1. The molecule has 0 fully saturated rings. The summed E-state index contributed by atoms with van der Waals surface area (Å²) >= 11 is 0. The number of aliphatic hydroxyl groups is 3. The normalized spacial score (nSPS) is 11.4. The number of carbonyl (C=O) groups excluding carboxylic acids is 1. The average molecular weight is 229 g/mol. The van der Waals surface area contributed by atoms with Gasteiger partial charge in [0.1, 0.15) is 11.2 Å². The zero-order valence-electron chi connectivity index (χ0n) is 8.60. The summed E-state index contributed by atoms with van der Waals surface area (Å²) in [5, 5.41) is 29.4. The van der Waals surface area contributed by atoms with Crippen LogP contribution in [0.1, 0.15) is 10.5 Å². The van der Waals surface area contributed by atoms with Gasteiger partial charge in [0.15, 0.2) is 0 Å². The molecule has 16 heavy (non-hydrogen) atoms. The summed E-state index contributed by atoms with van der Waals surface area (Å²) in [6.45, 7) is -1.70. The number of nitrogens with two attached hydrogens (primary N) is 1. The molecule has 1 rings (SSSR count). The Balaban J connectivity index is 2.76. The van der Waals surface area contributed by atoms with E-state index in [0.717, 1.165) is 0 Å². The van der Waals surface area contributed by atoms with Crippen molar-refractivity contribution < 1.29 is 20.1 Å². The number of aliphatic hydroxyl groups excluding tert-OH is 3. The van der Waals surface area contributed by atoms with Gasteiger partial charge in [-0.25, -0.2) is 0 Å². The summed E-state index contributed by atoms with van der Waals surface area (Å²) in [6, 6.07) is 1.41. The molecule has 0 unspecified atom stereocenters. The smallest absolute Gasteiger partial charge is 0.268 e. The van der Waals surface area contributed by atoms with Crippen molar-refractivity contribution in [2.24, 2.45) is 0 Å². The van der Waals surface area contributed by atoms with Gasteiger partial charge in [-0.05, 0) is 6.07 Å². The first kappa shape index (κ1) is 12.5. The molecule has 0 bridgehead atoms. The van der Waals surface area contributed by atoms with Crippen molar-refractivity contribution in [3.8, 4) is 0 Å². The fourth-order valence-corrected chi connectivity index (χ4v) is 1.12. The number of carbonyl (C=O) groups is 1. The number of amides is 1. The van der Waals surface area contributed by atoms with E-state index in [2.05, 4.69) is 10.3 Å². The first-order valence-corrected chi connectivity index (χ1v) is 4.66. The van der Waals surface area contributed by atoms with Gasteiger partial charge in [-0.3, -0.25) is 4.79 Å². The molecule has 7 N–H and O–H groups in total. The van der Waals surface area contributed by atoms with E-state index < -0.39 is 31.3 Å². The van der Waals surface area contributed by atoms with Crippen LogP contribution in [0.3, 0.4) is 0 Å². The van der Waals surface area contributed by atoms with Crippen molar-refractivity contribution in [2.45, 2.75) is 5.54 Å². The molecule has 1 heterocycles. The van der Waals surface area contributed by atoms with Crippen LogP contribution in [0.15, 0.2) is 12.3 Å². The minimum absolute atomic E-state index is 0.192. The third-order valence-electron chi connectivity index (χ3n) is 2.24. The lowest BCUT2D eigenvalue weighted by molar-refractivity contribution is 0.0373. The lowest BCUT2D eigenvalue weighted by Gasteiger charge is -2.28. The number of rotatable bonds is 5. The average Bonchev–Trinajstić information content (AvgIpc) is 2.73. The van der Waals surface area contributed by atoms with Gasteiger partial charge in [-0.15, -0.1) is 0 Å². The zero-order chi connectivity index (χ0) is 12.2. The van der Waals surface area contributed by atoms with Crippen molar-refractivity contribution in [1.82, 2.24) is 10.3 Å². The minimum atomic E-state index is -1.43. The largest absolute Gasteiger partial charge is 0.397 e. The van der Waals surface area contributed by atoms with Crippen LogP contribution in [-0.4, -0.2) is 51.6 Å². The van der Waals surface area contributed by atoms with Crippen LogP contribution in [0.2, 0.25) is 0 Å². The second-order valence-corrected chi connectivity index (χ2v) is 3.56. The second kappa shape index (κ2) is 4.97. The molecule has 0 saturated carbocycles. The van der Waals surface area contributed by atoms with Gasteiger partial charge < -0.3 is 31.4 Å². The van der Waals surface area contributed by atoms with Crippen LogP contribution in [0.4, 0.5) is 5.69 Å². The first-order chi connectivity index (χ1) is 7.56. The van der Waals surface area contributed by atoms with Crippen molar-refractivity contribution in [1.29, 1.82) is 0 Å². The van der Waals surface area contributed by atoms with Crippen LogP contribution in [0.25, 0.3) is 0 Å². The van der Waals surface area contributed by atoms with Gasteiger partial charge in [0.25, 0.3) is 5.91 Å². The Hall–Kier alpha value is -1.57. The Kier molecular flexibility index (Phi) is 3.88. The lowest BCUT2D eigenvalue weighted by Crippen LogP contribution is -2.57. The zero-order valence-corrected chi connectivity index (χ0v) is 8.60. The van der Waals surface area contributed by atoms with Gasteiger partial charge in [-0.2, -0.15) is 0 Å². The maximum atomic E-state index is 11.6. The maximum absolute atomic E-state index is 11.6. The molecule has 0 aliphatic carbocycles. The fraction of sp³-hybridized carbons (Fsp3) is 0.444. The Morgan fingerprint density at radius 1 is 1.38 bits per heavy atom. The molecule has 0 saturated heterocycles. The highest BCUT2D eigenvalue weighted by Crippen LogP contribution is 2.07. The van der Waals surface area contributed by atoms with Crippen molar-refractivity contribution in [2.75, 3.05) is 25.6 Å². The highest BCUT2D eigenvalue weighted by Gasteiger charge is 2.30. The van der Waals surface area contributed by atoms with E-state index in [-0.39, 0.29) is 5.69 Å². The SMILES string of the molecule is Nc1c[nH]c(C(=O)NC(CO)(CO)CO)c1. The van der Waals surface area contributed by atoms with Crippen LogP contribution in [-0.2, 0) is 0 Å². The third-order valence-corrected chi connectivity index (χ3v) is 2.24. The molecule has 90 valence electrons. The first-order valence-electron chi connectivity index (χ1n) is 4.66. The van der Waals surface area contributed by atoms with E-state index in [1.807, 2.05) is 0 Å². The van der Waals surface area contributed by atoms with Crippen molar-refractivity contribution >= 4 is 11.6 Å². The maximum Gasteiger partial charge on any atom is 0.268 e. The molecule has 1 aromatic heterocycles. The molecule has 0 spiro atoms. The molecule has 0 atom stereocenters. The molecular formula is C9H15N3O4. The molecule has 1 aromatic rings. The Morgan fingerprint density at radius 3 is 2.31 bits per heavy atom. The number of H-pyrrole nitrogens is 1. The number of nitrogens with one attached hydrogen (secondary N) is 2. The van der Waals surface area contributed by atoms with E-state index in [9.17, 15) is 4.79 Å².